The Morgan fingerprint density at radius 3 is 2.55 bits per heavy atom. The van der Waals surface area contributed by atoms with Gasteiger partial charge in [0, 0.05) is 6.07 Å². The first-order valence-electron chi connectivity index (χ1n) is 2.69. The predicted octanol–water partition coefficient (Wildman–Crippen LogP) is 1.47. The van der Waals surface area contributed by atoms with E-state index in [4.69, 9.17) is 27.5 Å². The van der Waals surface area contributed by atoms with E-state index in [0.717, 1.165) is 6.07 Å². The van der Waals surface area contributed by atoms with Crippen molar-refractivity contribution in [2.45, 2.75) is 0 Å². The molecule has 0 bridgehead atoms. The van der Waals surface area contributed by atoms with Crippen LogP contribution in [0.1, 0.15) is 0 Å². The molecule has 0 heterocycles. The van der Waals surface area contributed by atoms with E-state index in [2.05, 4.69) is 0 Å². The number of nitrogens with two attached hydrogens (primary N) is 1. The first kappa shape index (κ1) is 7.94. The third kappa shape index (κ3) is 1.17. The number of nitrogen functional groups attached to an aromatic ring is 1. The van der Waals surface area contributed by atoms with Crippen LogP contribution in [0.4, 0.5) is 10.1 Å². The van der Waals surface area contributed by atoms with E-state index in [0.29, 0.717) is 0 Å². The molecule has 0 atom stereocenters. The Morgan fingerprint density at radius 1 is 1.45 bits per heavy atom. The lowest BCUT2D eigenvalue weighted by atomic mass is 10.2. The molecule has 11 heavy (non-hydrogen) atoms. The number of anilines is 1. The third-order valence-corrected chi connectivity index (χ3v) is 1.55. The van der Waals surface area contributed by atoms with Gasteiger partial charge < -0.3 is 15.9 Å². The quantitative estimate of drug-likeness (QED) is 0.319. The van der Waals surface area contributed by atoms with E-state index in [-0.39, 0.29) is 5.69 Å². The molecule has 60 valence electrons. The second-order valence-corrected chi connectivity index (χ2v) is 2.34. The van der Waals surface area contributed by atoms with Gasteiger partial charge in [0.1, 0.15) is 10.8 Å². The molecule has 0 fully saturated rings. The van der Waals surface area contributed by atoms with E-state index >= 15 is 0 Å². The summed E-state index contributed by atoms with van der Waals surface area (Å²) in [5.74, 6) is -2.34. The van der Waals surface area contributed by atoms with Crippen LogP contribution in [0.2, 0.25) is 5.02 Å². The number of hydrogen-bond acceptors (Lipinski definition) is 3. The molecule has 0 saturated heterocycles. The highest BCUT2D eigenvalue weighted by Crippen LogP contribution is 2.36. The van der Waals surface area contributed by atoms with Crippen molar-refractivity contribution in [1.29, 1.82) is 0 Å². The van der Waals surface area contributed by atoms with Gasteiger partial charge >= 0.3 is 0 Å². The lowest BCUT2D eigenvalue weighted by Gasteiger charge is -2.02. The van der Waals surface area contributed by atoms with Gasteiger partial charge in [-0.05, 0) is 0 Å². The molecule has 0 aliphatic rings. The summed E-state index contributed by atoms with van der Waals surface area (Å²) < 4.78 is 12.6. The van der Waals surface area contributed by atoms with Gasteiger partial charge in [-0.2, -0.15) is 0 Å². The Morgan fingerprint density at radius 2 is 2.00 bits per heavy atom. The van der Waals surface area contributed by atoms with Crippen LogP contribution in [-0.4, -0.2) is 10.2 Å². The summed E-state index contributed by atoms with van der Waals surface area (Å²) in [5.41, 5.74) is 4.84. The highest BCUT2D eigenvalue weighted by Gasteiger charge is 2.13. The van der Waals surface area contributed by atoms with E-state index in [1.807, 2.05) is 0 Å². The lowest BCUT2D eigenvalue weighted by Crippen LogP contribution is -1.89. The van der Waals surface area contributed by atoms with Crippen molar-refractivity contribution in [3.8, 4) is 11.5 Å². The number of halogens is 2. The molecule has 0 radical (unpaired) electrons. The monoisotopic (exact) mass is 177 g/mol. The van der Waals surface area contributed by atoms with Gasteiger partial charge in [0.2, 0.25) is 0 Å². The zero-order valence-corrected chi connectivity index (χ0v) is 6.06. The summed E-state index contributed by atoms with van der Waals surface area (Å²) in [6.45, 7) is 0. The second-order valence-electron chi connectivity index (χ2n) is 1.96. The molecule has 0 aliphatic heterocycles. The van der Waals surface area contributed by atoms with Gasteiger partial charge in [-0.25, -0.2) is 4.39 Å². The zero-order valence-electron chi connectivity index (χ0n) is 5.31. The molecular formula is C6H5ClFNO2. The summed E-state index contributed by atoms with van der Waals surface area (Å²) in [6, 6.07) is 0.973. The van der Waals surface area contributed by atoms with Crippen LogP contribution < -0.4 is 5.73 Å². The van der Waals surface area contributed by atoms with Crippen molar-refractivity contribution in [2.24, 2.45) is 0 Å². The topological polar surface area (TPSA) is 66.5 Å². The largest absolute Gasteiger partial charge is 0.506 e. The number of aromatic hydroxyl groups is 2. The van der Waals surface area contributed by atoms with Gasteiger partial charge in [-0.3, -0.25) is 0 Å². The Labute approximate surface area is 66.8 Å². The van der Waals surface area contributed by atoms with Crippen molar-refractivity contribution < 1.29 is 14.6 Å². The number of hydrogen-bond donors (Lipinski definition) is 3. The van der Waals surface area contributed by atoms with Crippen molar-refractivity contribution >= 4 is 17.3 Å². The highest BCUT2D eigenvalue weighted by atomic mass is 35.5. The third-order valence-electron chi connectivity index (χ3n) is 1.19. The van der Waals surface area contributed by atoms with Gasteiger partial charge in [-0.15, -0.1) is 0 Å². The summed E-state index contributed by atoms with van der Waals surface area (Å²) in [6.07, 6.45) is 0. The van der Waals surface area contributed by atoms with Crippen LogP contribution in [-0.2, 0) is 0 Å². The normalized spacial score (nSPS) is 10.0. The summed E-state index contributed by atoms with van der Waals surface area (Å²) in [5, 5.41) is 17.1. The van der Waals surface area contributed by atoms with Crippen LogP contribution in [0.15, 0.2) is 6.07 Å². The number of phenolic OH excluding ortho intramolecular Hbond substituents is 2. The minimum atomic E-state index is -1.11. The fourth-order valence-electron chi connectivity index (χ4n) is 0.622. The molecule has 4 N–H and O–H groups in total. The van der Waals surface area contributed by atoms with Crippen molar-refractivity contribution in [1.82, 2.24) is 0 Å². The molecule has 3 nitrogen and oxygen atoms in total. The molecule has 1 aromatic rings. The summed E-state index contributed by atoms with van der Waals surface area (Å²) in [7, 11) is 0. The molecule has 0 saturated carbocycles. The average molecular weight is 178 g/mol. The Bertz CT molecular complexity index is 277. The predicted molar refractivity (Wildman–Crippen MR) is 39.2 cm³/mol. The molecular weight excluding hydrogens is 173 g/mol. The molecule has 5 heteroatoms. The van der Waals surface area contributed by atoms with Gasteiger partial charge in [0.15, 0.2) is 11.6 Å². The van der Waals surface area contributed by atoms with E-state index in [1.54, 1.807) is 0 Å². The molecule has 1 aromatic carbocycles. The van der Waals surface area contributed by atoms with Crippen molar-refractivity contribution in [2.75, 3.05) is 5.73 Å². The first-order valence-corrected chi connectivity index (χ1v) is 3.07. The molecule has 0 amide bonds. The summed E-state index contributed by atoms with van der Waals surface area (Å²) >= 11 is 5.21. The second kappa shape index (κ2) is 2.47. The molecule has 0 aromatic heterocycles. The van der Waals surface area contributed by atoms with E-state index < -0.39 is 22.3 Å². The minimum absolute atomic E-state index is 0.246. The zero-order chi connectivity index (χ0) is 8.59. The smallest absolute Gasteiger partial charge is 0.189 e. The fraction of sp³-hybridized carbons (Fsp3) is 0. The molecule has 0 unspecified atom stereocenters. The molecule has 0 aliphatic carbocycles. The number of benzene rings is 1. The van der Waals surface area contributed by atoms with Gasteiger partial charge in [-0.1, -0.05) is 11.6 Å². The van der Waals surface area contributed by atoms with Crippen molar-refractivity contribution in [3.05, 3.63) is 16.9 Å². The van der Waals surface area contributed by atoms with Crippen LogP contribution in [0.5, 0.6) is 11.5 Å². The maximum absolute atomic E-state index is 12.6. The Kier molecular flexibility index (Phi) is 1.78. The van der Waals surface area contributed by atoms with Gasteiger partial charge in [0.05, 0.1) is 5.69 Å². The van der Waals surface area contributed by atoms with Crippen LogP contribution >= 0.6 is 11.6 Å². The maximum atomic E-state index is 12.6. The number of phenols is 2. The molecule has 1 rings (SSSR count). The van der Waals surface area contributed by atoms with E-state index in [9.17, 15) is 4.39 Å². The average Bonchev–Trinajstić information content (AvgIpc) is 1.97. The highest BCUT2D eigenvalue weighted by molar-refractivity contribution is 6.32. The van der Waals surface area contributed by atoms with Gasteiger partial charge in [0.25, 0.3) is 0 Å². The minimum Gasteiger partial charge on any atom is -0.506 e. The lowest BCUT2D eigenvalue weighted by molar-refractivity contribution is 0.424. The fourth-order valence-corrected chi connectivity index (χ4v) is 0.766. The molecule has 0 spiro atoms. The summed E-state index contributed by atoms with van der Waals surface area (Å²) in [4.78, 5) is 0. The first-order chi connectivity index (χ1) is 5.04. The maximum Gasteiger partial charge on any atom is 0.189 e. The SMILES string of the molecule is Nc1cc(O)c(Cl)c(F)c1O. The van der Waals surface area contributed by atoms with Crippen LogP contribution in [0.3, 0.4) is 0 Å². The van der Waals surface area contributed by atoms with Crippen molar-refractivity contribution in [3.63, 3.8) is 0 Å². The number of rotatable bonds is 0. The Hall–Kier alpha value is -1.16. The van der Waals surface area contributed by atoms with Crippen LogP contribution in [0, 0.1) is 5.82 Å². The standard InChI is InChI=1S/C6H5ClFNO2/c7-4-3(10)1-2(9)6(11)5(4)8/h1,10-11H,9H2. The Balaban J connectivity index is 3.46. The van der Waals surface area contributed by atoms with E-state index in [1.165, 1.54) is 0 Å². The van der Waals surface area contributed by atoms with Crippen LogP contribution in [0.25, 0.3) is 0 Å².